The molecule has 0 unspecified atom stereocenters. The van der Waals surface area contributed by atoms with Crippen molar-refractivity contribution in [2.75, 3.05) is 11.9 Å². The fourth-order valence-corrected chi connectivity index (χ4v) is 5.67. The second-order valence-electron chi connectivity index (χ2n) is 6.81. The predicted molar refractivity (Wildman–Crippen MR) is 130 cm³/mol. The van der Waals surface area contributed by atoms with Crippen LogP contribution in [-0.2, 0) is 16.0 Å². The highest BCUT2D eigenvalue weighted by atomic mass is 32.2. The molecule has 2 aromatic heterocycles. The number of carbonyl (C=O) groups is 2. The molecular formula is C20H24N4O2S4. The van der Waals surface area contributed by atoms with Crippen molar-refractivity contribution in [3.05, 3.63) is 32.3 Å². The number of aryl methyl sites for hydroxylation is 1. The van der Waals surface area contributed by atoms with Crippen molar-refractivity contribution in [3.8, 4) is 0 Å². The predicted octanol–water partition coefficient (Wildman–Crippen LogP) is 5.34. The summed E-state index contributed by atoms with van der Waals surface area (Å²) in [6.07, 6.45) is 7.85. The highest BCUT2D eigenvalue weighted by Gasteiger charge is 2.31. The zero-order valence-corrected chi connectivity index (χ0v) is 20.0. The van der Waals surface area contributed by atoms with E-state index in [4.69, 9.17) is 12.2 Å². The van der Waals surface area contributed by atoms with Gasteiger partial charge in [0.2, 0.25) is 11.0 Å². The Balaban J connectivity index is 1.35. The maximum absolute atomic E-state index is 12.6. The third-order valence-electron chi connectivity index (χ3n) is 4.43. The molecule has 0 radical (unpaired) electrons. The van der Waals surface area contributed by atoms with E-state index < -0.39 is 0 Å². The number of thiophene rings is 1. The van der Waals surface area contributed by atoms with Gasteiger partial charge in [0.25, 0.3) is 5.91 Å². The second-order valence-corrected chi connectivity index (χ2v) is 10.5. The van der Waals surface area contributed by atoms with E-state index in [1.807, 2.05) is 23.6 Å². The Hall–Kier alpha value is -1.62. The zero-order chi connectivity index (χ0) is 21.3. The van der Waals surface area contributed by atoms with Crippen LogP contribution in [0.25, 0.3) is 6.08 Å². The lowest BCUT2D eigenvalue weighted by molar-refractivity contribution is -0.122. The number of hydrogen-bond donors (Lipinski definition) is 1. The Morgan fingerprint density at radius 1 is 1.27 bits per heavy atom. The number of thiocarbonyl (C=S) groups is 1. The maximum Gasteiger partial charge on any atom is 0.266 e. The van der Waals surface area contributed by atoms with Crippen molar-refractivity contribution in [1.82, 2.24) is 15.1 Å². The molecule has 2 aromatic rings. The van der Waals surface area contributed by atoms with Crippen LogP contribution >= 0.6 is 46.7 Å². The normalized spacial score (nSPS) is 15.4. The molecule has 0 atom stereocenters. The first-order valence-corrected chi connectivity index (χ1v) is 12.9. The van der Waals surface area contributed by atoms with Gasteiger partial charge in [-0.25, -0.2) is 0 Å². The van der Waals surface area contributed by atoms with Crippen molar-refractivity contribution in [3.63, 3.8) is 0 Å². The molecule has 0 saturated carbocycles. The monoisotopic (exact) mass is 480 g/mol. The highest BCUT2D eigenvalue weighted by Crippen LogP contribution is 2.33. The third kappa shape index (κ3) is 6.69. The Morgan fingerprint density at radius 3 is 2.90 bits per heavy atom. The van der Waals surface area contributed by atoms with Gasteiger partial charge in [-0.3, -0.25) is 14.5 Å². The molecule has 0 spiro atoms. The number of anilines is 1. The lowest BCUT2D eigenvalue weighted by Gasteiger charge is -2.13. The lowest BCUT2D eigenvalue weighted by atomic mass is 10.2. The molecule has 2 amide bonds. The van der Waals surface area contributed by atoms with E-state index in [1.165, 1.54) is 23.1 Å². The molecule has 1 aliphatic heterocycles. The zero-order valence-electron chi connectivity index (χ0n) is 16.8. The van der Waals surface area contributed by atoms with E-state index in [9.17, 15) is 9.59 Å². The Kier molecular flexibility index (Phi) is 8.98. The van der Waals surface area contributed by atoms with Crippen LogP contribution in [0, 0.1) is 0 Å². The maximum atomic E-state index is 12.6. The van der Waals surface area contributed by atoms with Crippen LogP contribution in [0.4, 0.5) is 5.13 Å². The largest absolute Gasteiger partial charge is 0.301 e. The fraction of sp³-hybridized carbons (Fsp3) is 0.450. The van der Waals surface area contributed by atoms with Crippen LogP contribution in [0.15, 0.2) is 22.4 Å². The van der Waals surface area contributed by atoms with Gasteiger partial charge in [0, 0.05) is 24.3 Å². The molecule has 0 aliphatic carbocycles. The molecule has 3 rings (SSSR count). The smallest absolute Gasteiger partial charge is 0.266 e. The van der Waals surface area contributed by atoms with E-state index >= 15 is 0 Å². The molecule has 160 valence electrons. The van der Waals surface area contributed by atoms with Gasteiger partial charge in [-0.2, -0.15) is 0 Å². The number of unbranched alkanes of at least 4 members (excludes halogenated alkanes) is 3. The number of hydrogen-bond acceptors (Lipinski definition) is 8. The quantitative estimate of drug-likeness (QED) is 0.266. The first-order chi connectivity index (χ1) is 14.6. The number of thioether (sulfide) groups is 1. The molecule has 1 fully saturated rings. The van der Waals surface area contributed by atoms with Gasteiger partial charge in [0.05, 0.1) is 4.91 Å². The standard InChI is InChI=1S/C20H24N4O2S4/c1-2-3-10-17-22-23-19(30-17)21-16(25)9-5-4-6-11-24-18(26)15(29-20(24)27)13-14-8-7-12-28-14/h7-8,12-13H,2-6,9-11H2,1H3,(H,21,23,25). The average Bonchev–Trinajstić information content (AvgIpc) is 3.44. The van der Waals surface area contributed by atoms with E-state index in [0.717, 1.165) is 48.4 Å². The Bertz CT molecular complexity index is 908. The van der Waals surface area contributed by atoms with Crippen LogP contribution in [0.3, 0.4) is 0 Å². The summed E-state index contributed by atoms with van der Waals surface area (Å²) in [6, 6.07) is 3.94. The summed E-state index contributed by atoms with van der Waals surface area (Å²) in [4.78, 5) is 28.0. The minimum Gasteiger partial charge on any atom is -0.301 e. The topological polar surface area (TPSA) is 75.2 Å². The molecule has 1 aliphatic rings. The van der Waals surface area contributed by atoms with Gasteiger partial charge in [-0.1, -0.05) is 61.1 Å². The van der Waals surface area contributed by atoms with Crippen molar-refractivity contribution in [1.29, 1.82) is 0 Å². The van der Waals surface area contributed by atoms with Gasteiger partial charge < -0.3 is 5.32 Å². The first-order valence-electron chi connectivity index (χ1n) is 9.98. The number of carbonyl (C=O) groups excluding carboxylic acids is 2. The van der Waals surface area contributed by atoms with E-state index in [0.29, 0.717) is 27.3 Å². The fourth-order valence-electron chi connectivity index (χ4n) is 2.84. The summed E-state index contributed by atoms with van der Waals surface area (Å²) < 4.78 is 0.607. The molecule has 10 heteroatoms. The van der Waals surface area contributed by atoms with Crippen LogP contribution in [-0.4, -0.2) is 37.8 Å². The van der Waals surface area contributed by atoms with Gasteiger partial charge in [-0.05, 0) is 36.8 Å². The van der Waals surface area contributed by atoms with E-state index in [-0.39, 0.29) is 11.8 Å². The van der Waals surface area contributed by atoms with Crippen LogP contribution < -0.4 is 5.32 Å². The third-order valence-corrected chi connectivity index (χ3v) is 7.53. The molecule has 30 heavy (non-hydrogen) atoms. The summed E-state index contributed by atoms with van der Waals surface area (Å²) in [6.45, 7) is 2.72. The van der Waals surface area contributed by atoms with Crippen molar-refractivity contribution in [2.24, 2.45) is 0 Å². The van der Waals surface area contributed by atoms with Crippen molar-refractivity contribution >= 4 is 74.0 Å². The average molecular weight is 481 g/mol. The summed E-state index contributed by atoms with van der Waals surface area (Å²) in [5.74, 6) is -0.0658. The molecule has 1 N–H and O–H groups in total. The number of nitrogens with zero attached hydrogens (tertiary/aromatic N) is 3. The lowest BCUT2D eigenvalue weighted by Crippen LogP contribution is -2.29. The molecule has 0 bridgehead atoms. The Morgan fingerprint density at radius 2 is 2.13 bits per heavy atom. The summed E-state index contributed by atoms with van der Waals surface area (Å²) >= 11 is 9.76. The SMILES string of the molecule is CCCCc1nnc(NC(=O)CCCCCN2C(=O)C(=Cc3cccs3)SC2=S)s1. The second kappa shape index (κ2) is 11.7. The van der Waals surface area contributed by atoms with Crippen LogP contribution in [0.5, 0.6) is 0 Å². The first kappa shape index (κ1) is 23.1. The summed E-state index contributed by atoms with van der Waals surface area (Å²) in [7, 11) is 0. The van der Waals surface area contributed by atoms with Crippen LogP contribution in [0.1, 0.15) is 55.3 Å². The van der Waals surface area contributed by atoms with Gasteiger partial charge >= 0.3 is 0 Å². The Labute approximate surface area is 194 Å². The molecule has 1 saturated heterocycles. The summed E-state index contributed by atoms with van der Waals surface area (Å²) in [5.41, 5.74) is 0. The number of aromatic nitrogens is 2. The summed E-state index contributed by atoms with van der Waals surface area (Å²) in [5, 5.41) is 14.5. The van der Waals surface area contributed by atoms with Crippen molar-refractivity contribution in [2.45, 2.75) is 51.9 Å². The molecule has 3 heterocycles. The number of rotatable bonds is 11. The van der Waals surface area contributed by atoms with Gasteiger partial charge in [0.1, 0.15) is 9.33 Å². The molecular weight excluding hydrogens is 457 g/mol. The van der Waals surface area contributed by atoms with Crippen LogP contribution in [0.2, 0.25) is 0 Å². The molecule has 6 nitrogen and oxygen atoms in total. The highest BCUT2D eigenvalue weighted by molar-refractivity contribution is 8.26. The van der Waals surface area contributed by atoms with E-state index in [1.54, 1.807) is 16.2 Å². The minimum absolute atomic E-state index is 0.0220. The number of nitrogens with one attached hydrogen (secondary N) is 1. The van der Waals surface area contributed by atoms with Crippen molar-refractivity contribution < 1.29 is 9.59 Å². The van der Waals surface area contributed by atoms with Gasteiger partial charge in [0.15, 0.2) is 0 Å². The van der Waals surface area contributed by atoms with Gasteiger partial charge in [-0.15, -0.1) is 21.5 Å². The van der Waals surface area contributed by atoms with E-state index in [2.05, 4.69) is 22.4 Å². The minimum atomic E-state index is -0.0438. The molecule has 0 aromatic carbocycles. The number of amides is 2.